The van der Waals surface area contributed by atoms with E-state index in [2.05, 4.69) is 41.5 Å². The molecule has 2 N–H and O–H groups in total. The van der Waals surface area contributed by atoms with Crippen molar-refractivity contribution in [3.63, 3.8) is 0 Å². The van der Waals surface area contributed by atoms with Gasteiger partial charge < -0.3 is 24.4 Å². The van der Waals surface area contributed by atoms with Crippen LogP contribution >= 0.6 is 0 Å². The predicted octanol–water partition coefficient (Wildman–Crippen LogP) is 2.58. The molecule has 0 unspecified atom stereocenters. The van der Waals surface area contributed by atoms with E-state index in [-0.39, 0.29) is 0 Å². The minimum absolute atomic E-state index is 0.385. The zero-order valence-electron chi connectivity index (χ0n) is 15.8. The fourth-order valence-corrected chi connectivity index (χ4v) is 3.51. The maximum absolute atomic E-state index is 10.6. The first-order chi connectivity index (χ1) is 10.6. The molecule has 5 heteroatoms. The topological polar surface area (TPSA) is 68.2 Å². The zero-order chi connectivity index (χ0) is 17.8. The van der Waals surface area contributed by atoms with Crippen LogP contribution in [-0.4, -0.2) is 54.1 Å². The highest BCUT2D eigenvalue weighted by atomic mass is 16.7. The van der Waals surface area contributed by atoms with Crippen molar-refractivity contribution in [2.45, 2.75) is 84.6 Å². The lowest BCUT2D eigenvalue weighted by Crippen LogP contribution is -2.53. The monoisotopic (exact) mass is 332 g/mol. The first-order valence-electron chi connectivity index (χ1n) is 8.81. The molecule has 0 aromatic heterocycles. The van der Waals surface area contributed by atoms with E-state index in [4.69, 9.17) is 14.2 Å². The van der Waals surface area contributed by atoms with Gasteiger partial charge in [-0.2, -0.15) is 0 Å². The number of ether oxygens (including phenoxy) is 3. The van der Waals surface area contributed by atoms with Crippen LogP contribution in [0.3, 0.4) is 0 Å². The fraction of sp³-hybridized carbons (Fsp3) is 1.00. The lowest BCUT2D eigenvalue weighted by atomic mass is 9.78. The van der Waals surface area contributed by atoms with E-state index in [0.29, 0.717) is 24.4 Å². The van der Waals surface area contributed by atoms with Gasteiger partial charge in [-0.05, 0) is 30.6 Å². The van der Waals surface area contributed by atoms with Crippen LogP contribution in [0.25, 0.3) is 0 Å². The summed E-state index contributed by atoms with van der Waals surface area (Å²) < 4.78 is 17.4. The number of hydrogen-bond donors (Lipinski definition) is 2. The maximum Gasteiger partial charge on any atom is 0.186 e. The Kier molecular flexibility index (Phi) is 7.94. The largest absolute Gasteiger partial charge is 0.387 e. The van der Waals surface area contributed by atoms with Gasteiger partial charge in [0.05, 0.1) is 5.60 Å². The minimum atomic E-state index is -1.05. The molecule has 1 heterocycles. The molecule has 0 aromatic carbocycles. The van der Waals surface area contributed by atoms with E-state index in [0.717, 1.165) is 12.8 Å². The number of rotatable bonds is 9. The lowest BCUT2D eigenvalue weighted by molar-refractivity contribution is -0.213. The van der Waals surface area contributed by atoms with E-state index in [1.807, 2.05) is 0 Å². The summed E-state index contributed by atoms with van der Waals surface area (Å²) >= 11 is 0. The Hall–Kier alpha value is -0.200. The SMILES string of the molecule is CO[C@H]1O[C@H](C(CC(C)C)(CC(C)C)OCC(C)C)[C@@H](O)[C@H]1O. The third-order valence-corrected chi connectivity index (χ3v) is 4.18. The minimum Gasteiger partial charge on any atom is -0.387 e. The molecule has 1 aliphatic rings. The highest BCUT2D eigenvalue weighted by Crippen LogP contribution is 2.40. The Bertz CT molecular complexity index is 332. The Balaban J connectivity index is 3.12. The van der Waals surface area contributed by atoms with Gasteiger partial charge in [0.2, 0.25) is 0 Å². The van der Waals surface area contributed by atoms with Crippen molar-refractivity contribution in [2.24, 2.45) is 17.8 Å². The molecule has 0 radical (unpaired) electrons. The summed E-state index contributed by atoms with van der Waals surface area (Å²) in [5.74, 6) is 1.15. The van der Waals surface area contributed by atoms with Crippen LogP contribution in [0, 0.1) is 17.8 Å². The summed E-state index contributed by atoms with van der Waals surface area (Å²) in [5.41, 5.74) is -0.625. The Morgan fingerprint density at radius 3 is 1.78 bits per heavy atom. The third-order valence-electron chi connectivity index (χ3n) is 4.18. The number of aliphatic hydroxyl groups is 2. The van der Waals surface area contributed by atoms with Crippen molar-refractivity contribution in [1.29, 1.82) is 0 Å². The lowest BCUT2D eigenvalue weighted by Gasteiger charge is -2.42. The molecule has 138 valence electrons. The van der Waals surface area contributed by atoms with Gasteiger partial charge in [-0.1, -0.05) is 41.5 Å². The van der Waals surface area contributed by atoms with E-state index < -0.39 is 30.2 Å². The molecule has 4 atom stereocenters. The van der Waals surface area contributed by atoms with Crippen molar-refractivity contribution in [3.05, 3.63) is 0 Å². The molecular weight excluding hydrogens is 296 g/mol. The first kappa shape index (κ1) is 20.8. The second kappa shape index (κ2) is 8.77. The third kappa shape index (κ3) is 5.40. The van der Waals surface area contributed by atoms with Gasteiger partial charge in [0.1, 0.15) is 18.3 Å². The van der Waals surface area contributed by atoms with Crippen LogP contribution in [0.1, 0.15) is 54.4 Å². The Morgan fingerprint density at radius 1 is 0.913 bits per heavy atom. The quantitative estimate of drug-likeness (QED) is 0.679. The van der Waals surface area contributed by atoms with Gasteiger partial charge in [-0.25, -0.2) is 0 Å². The smallest absolute Gasteiger partial charge is 0.186 e. The molecule has 1 fully saturated rings. The van der Waals surface area contributed by atoms with Crippen molar-refractivity contribution < 1.29 is 24.4 Å². The number of hydrogen-bond acceptors (Lipinski definition) is 5. The average Bonchev–Trinajstić information content (AvgIpc) is 2.71. The zero-order valence-corrected chi connectivity index (χ0v) is 15.8. The molecule has 0 amide bonds. The molecule has 1 aliphatic heterocycles. The van der Waals surface area contributed by atoms with Crippen LogP contribution in [-0.2, 0) is 14.2 Å². The molecule has 0 bridgehead atoms. The maximum atomic E-state index is 10.6. The molecule has 0 aliphatic carbocycles. The van der Waals surface area contributed by atoms with Crippen LogP contribution in [0.4, 0.5) is 0 Å². The molecule has 0 spiro atoms. The highest BCUT2D eigenvalue weighted by Gasteiger charge is 2.54. The van der Waals surface area contributed by atoms with Gasteiger partial charge in [0.25, 0.3) is 0 Å². The summed E-state index contributed by atoms with van der Waals surface area (Å²) in [5, 5.41) is 20.7. The summed E-state index contributed by atoms with van der Waals surface area (Å²) in [7, 11) is 1.48. The molecule has 5 nitrogen and oxygen atoms in total. The summed E-state index contributed by atoms with van der Waals surface area (Å²) in [4.78, 5) is 0. The molecule has 23 heavy (non-hydrogen) atoms. The van der Waals surface area contributed by atoms with Gasteiger partial charge in [-0.15, -0.1) is 0 Å². The normalized spacial score (nSPS) is 29.2. The molecular formula is C18H36O5. The fourth-order valence-electron chi connectivity index (χ4n) is 3.51. The van der Waals surface area contributed by atoms with Crippen molar-refractivity contribution in [3.8, 4) is 0 Å². The van der Waals surface area contributed by atoms with Crippen LogP contribution in [0.2, 0.25) is 0 Å². The van der Waals surface area contributed by atoms with Crippen molar-refractivity contribution in [1.82, 2.24) is 0 Å². The predicted molar refractivity (Wildman–Crippen MR) is 90.1 cm³/mol. The van der Waals surface area contributed by atoms with Crippen LogP contribution in [0.5, 0.6) is 0 Å². The van der Waals surface area contributed by atoms with Gasteiger partial charge in [0, 0.05) is 13.7 Å². The van der Waals surface area contributed by atoms with Gasteiger partial charge >= 0.3 is 0 Å². The van der Waals surface area contributed by atoms with E-state index >= 15 is 0 Å². The van der Waals surface area contributed by atoms with E-state index in [9.17, 15) is 10.2 Å². The van der Waals surface area contributed by atoms with Crippen molar-refractivity contribution >= 4 is 0 Å². The van der Waals surface area contributed by atoms with Gasteiger partial charge in [0.15, 0.2) is 6.29 Å². The first-order valence-corrected chi connectivity index (χ1v) is 8.81. The van der Waals surface area contributed by atoms with Crippen LogP contribution < -0.4 is 0 Å². The number of methoxy groups -OCH3 is 1. The second-order valence-electron chi connectivity index (χ2n) is 8.11. The highest BCUT2D eigenvalue weighted by molar-refractivity contribution is 5.01. The molecule has 0 saturated carbocycles. The molecule has 1 rings (SSSR count). The summed E-state index contributed by atoms with van der Waals surface area (Å²) in [6, 6.07) is 0. The Morgan fingerprint density at radius 2 is 1.43 bits per heavy atom. The summed E-state index contributed by atoms with van der Waals surface area (Å²) in [6.45, 7) is 13.4. The Labute approximate surface area is 141 Å². The van der Waals surface area contributed by atoms with Crippen LogP contribution in [0.15, 0.2) is 0 Å². The second-order valence-corrected chi connectivity index (χ2v) is 8.11. The molecule has 1 saturated heterocycles. The standard InChI is InChI=1S/C18H36O5/c1-11(2)8-18(9-12(3)4,22-10-13(5)6)16-14(19)15(20)17(21-7)23-16/h11-17,19-20H,8-10H2,1-7H3/t14-,15+,16-,17-/m0/s1. The molecule has 0 aromatic rings. The van der Waals surface area contributed by atoms with Crippen molar-refractivity contribution in [2.75, 3.05) is 13.7 Å². The average molecular weight is 332 g/mol. The number of aliphatic hydroxyl groups excluding tert-OH is 2. The summed E-state index contributed by atoms with van der Waals surface area (Å²) in [6.07, 6.45) is -1.93. The van der Waals surface area contributed by atoms with E-state index in [1.165, 1.54) is 7.11 Å². The van der Waals surface area contributed by atoms with E-state index in [1.54, 1.807) is 0 Å². The van der Waals surface area contributed by atoms with Gasteiger partial charge in [-0.3, -0.25) is 0 Å².